The second-order valence-corrected chi connectivity index (χ2v) is 37.1. The lowest BCUT2D eigenvalue weighted by atomic mass is 9.70. The minimum Gasteiger partial charge on any atom is -0.457 e. The number of fused-ring (bicyclic) bond motifs is 35. The van der Waals surface area contributed by atoms with E-state index in [1.54, 1.807) is 0 Å². The number of para-hydroxylation sites is 1. The zero-order valence-corrected chi connectivity index (χ0v) is 73.0. The quantitative estimate of drug-likeness (QED) is 0.135. The van der Waals surface area contributed by atoms with Gasteiger partial charge in [0.25, 0.3) is 0 Å². The lowest BCUT2D eigenvalue weighted by Gasteiger charge is -2.34. The van der Waals surface area contributed by atoms with E-state index in [4.69, 9.17) is 4.74 Å². The smallest absolute Gasteiger partial charge is 0.131 e. The highest BCUT2D eigenvalue weighted by Crippen LogP contribution is 2.68. The van der Waals surface area contributed by atoms with Gasteiger partial charge < -0.3 is 20.7 Å². The summed E-state index contributed by atoms with van der Waals surface area (Å²) < 4.78 is 9.01. The highest BCUT2D eigenvalue weighted by atomic mass is 32.1. The molecule has 616 valence electrons. The predicted molar refractivity (Wildman–Crippen MR) is 545 cm³/mol. The Hall–Kier alpha value is -16.2. The minimum atomic E-state index is -0.344. The van der Waals surface area contributed by atoms with E-state index in [0.717, 1.165) is 45.6 Å². The van der Waals surface area contributed by atoms with E-state index in [0.29, 0.717) is 0 Å². The molecular formula is C126H85N3OS. The highest BCUT2D eigenvalue weighted by Gasteiger charge is 2.56. The molecule has 1 aromatic heterocycles. The Morgan fingerprint density at radius 1 is 0.198 bits per heavy atom. The topological polar surface area (TPSA) is 45.3 Å². The Balaban J connectivity index is 0.000000103. The van der Waals surface area contributed by atoms with E-state index in [-0.39, 0.29) is 21.7 Å². The Bertz CT molecular complexity index is 8140. The first-order chi connectivity index (χ1) is 64.7. The standard InChI is InChI=1S/C43H27NS.C43H29N.C40H29NO/c1-5-16-34-30(11-1)31-12-2-6-17-35(31)43(34)36-18-7-3-13-32(36)42-37(43)19-10-20-38(42)44-28-25-23-27(24-26-28)29-15-9-22-40-41(29)33-14-4-8-21-39(33)45-40;1-3-14-29(15-4-1)32-27-26-31(28-36(32)30-16-5-2-6-17-30)44-41-25-13-24-40-42(41)35-20-9-12-23-39(35)43(40)37-21-10-7-18-33(37)34-19-8-11-22-38(34)43;1-39(2)32-18-9-10-21-36(32)42-37-23-22-25(24-34(37)39)41-35-20-11-19-33-38(35)28-14-5-8-17-31(28)40(33)29-15-6-3-12-26(29)27-13-4-7-16-30(27)40/h1-26,44H;1-28,44H;3-24,41H,1-2H3. The van der Waals surface area contributed by atoms with Gasteiger partial charge in [0.05, 0.1) is 16.2 Å². The number of anilines is 6. The lowest BCUT2D eigenvalue weighted by Crippen LogP contribution is -2.25. The molecule has 21 aromatic rings. The molecule has 7 aliphatic rings. The number of hydrogen-bond donors (Lipinski definition) is 3. The van der Waals surface area contributed by atoms with Crippen LogP contribution >= 0.6 is 11.3 Å². The molecule has 3 spiro atoms. The molecule has 4 nitrogen and oxygen atoms in total. The van der Waals surface area contributed by atoms with Crippen LogP contribution in [0.2, 0.25) is 0 Å². The van der Waals surface area contributed by atoms with Gasteiger partial charge in [0.2, 0.25) is 0 Å². The Kier molecular flexibility index (Phi) is 17.3. The van der Waals surface area contributed by atoms with Crippen LogP contribution in [0.3, 0.4) is 0 Å². The number of hydrogen-bond acceptors (Lipinski definition) is 5. The van der Waals surface area contributed by atoms with Gasteiger partial charge in [-0.3, -0.25) is 0 Å². The van der Waals surface area contributed by atoms with Crippen molar-refractivity contribution in [2.24, 2.45) is 0 Å². The van der Waals surface area contributed by atoms with E-state index < -0.39 is 0 Å². The van der Waals surface area contributed by atoms with Crippen LogP contribution in [0, 0.1) is 0 Å². The van der Waals surface area contributed by atoms with Crippen molar-refractivity contribution in [3.05, 3.63) is 539 Å². The zero-order valence-electron chi connectivity index (χ0n) is 72.2. The van der Waals surface area contributed by atoms with Crippen molar-refractivity contribution in [1.29, 1.82) is 0 Å². The molecule has 0 atom stereocenters. The van der Waals surface area contributed by atoms with Crippen molar-refractivity contribution in [1.82, 2.24) is 0 Å². The zero-order chi connectivity index (χ0) is 86.7. The fourth-order valence-corrected chi connectivity index (χ4v) is 25.0. The molecule has 5 heteroatoms. The van der Waals surface area contributed by atoms with Gasteiger partial charge >= 0.3 is 0 Å². The Morgan fingerprint density at radius 3 is 0.954 bits per heavy atom. The van der Waals surface area contributed by atoms with Crippen molar-refractivity contribution < 1.29 is 4.74 Å². The molecule has 0 fully saturated rings. The predicted octanol–water partition coefficient (Wildman–Crippen LogP) is 33.1. The molecule has 0 radical (unpaired) electrons. The largest absolute Gasteiger partial charge is 0.457 e. The summed E-state index contributed by atoms with van der Waals surface area (Å²) in [6, 6.07) is 168. The van der Waals surface area contributed by atoms with E-state index >= 15 is 0 Å². The van der Waals surface area contributed by atoms with E-state index in [9.17, 15) is 0 Å². The molecule has 0 bridgehead atoms. The van der Waals surface area contributed by atoms with Gasteiger partial charge in [0, 0.05) is 87.5 Å². The molecule has 0 amide bonds. The summed E-state index contributed by atoms with van der Waals surface area (Å²) in [6.45, 7) is 4.57. The van der Waals surface area contributed by atoms with Gasteiger partial charge in [0.1, 0.15) is 11.5 Å². The summed E-state index contributed by atoms with van der Waals surface area (Å²) in [7, 11) is 0. The molecule has 28 rings (SSSR count). The minimum absolute atomic E-state index is 0.172. The SMILES string of the molecule is CC1(C)c2ccccc2Oc2ccc(Nc3cccc4c3-c3ccccc3C43c4ccccc4-c4ccccc43)cc21.c1ccc(-c2ccc(Nc3cccc4c3-c3ccccc3C43c4ccccc4-c4ccccc43)cc2-c2ccccc2)cc1.c1ccc2c(c1)-c1ccccc1C21c2ccccc2-c2c(Nc3ccc(-c4cccc5sc6ccccc6c45)cc3)cccc21. The average molecular weight is 1690 g/mol. The van der Waals surface area contributed by atoms with Crippen LogP contribution in [0.4, 0.5) is 34.1 Å². The molecule has 0 unspecified atom stereocenters. The Morgan fingerprint density at radius 2 is 0.504 bits per heavy atom. The van der Waals surface area contributed by atoms with Crippen LogP contribution in [-0.2, 0) is 21.7 Å². The lowest BCUT2D eigenvalue weighted by molar-refractivity contribution is 0.418. The van der Waals surface area contributed by atoms with Gasteiger partial charge in [-0.05, 0) is 229 Å². The maximum Gasteiger partial charge on any atom is 0.131 e. The second kappa shape index (κ2) is 29.7. The van der Waals surface area contributed by atoms with E-state index in [1.165, 1.54) is 198 Å². The monoisotopic (exact) mass is 1690 g/mol. The third kappa shape index (κ3) is 11.2. The summed E-state index contributed by atoms with van der Waals surface area (Å²) in [5.41, 5.74) is 47.2. The third-order valence-electron chi connectivity index (χ3n) is 29.1. The molecule has 20 aromatic carbocycles. The maximum absolute atomic E-state index is 6.34. The van der Waals surface area contributed by atoms with Crippen molar-refractivity contribution in [2.75, 3.05) is 16.0 Å². The fourth-order valence-electron chi connectivity index (χ4n) is 23.8. The number of benzene rings is 20. The molecule has 6 aliphatic carbocycles. The van der Waals surface area contributed by atoms with Crippen LogP contribution in [0.1, 0.15) is 91.7 Å². The molecule has 1 aliphatic heterocycles. The molecule has 3 N–H and O–H groups in total. The summed E-state index contributed by atoms with van der Waals surface area (Å²) in [6.07, 6.45) is 0. The fraction of sp³-hybridized carbons (Fsp3) is 0.0476. The average Bonchev–Trinajstić information content (AvgIpc) is 1.52. The van der Waals surface area contributed by atoms with Gasteiger partial charge in [-0.25, -0.2) is 0 Å². The second-order valence-electron chi connectivity index (χ2n) is 36.0. The summed E-state index contributed by atoms with van der Waals surface area (Å²) in [4.78, 5) is 0. The number of nitrogens with one attached hydrogen (secondary N) is 3. The van der Waals surface area contributed by atoms with E-state index in [1.807, 2.05) is 17.4 Å². The van der Waals surface area contributed by atoms with Crippen LogP contribution < -0.4 is 20.7 Å². The normalized spacial score (nSPS) is 14.0. The molecule has 0 saturated carbocycles. The molecular weight excluding hydrogens is 1600 g/mol. The van der Waals surface area contributed by atoms with Crippen LogP contribution in [0.5, 0.6) is 11.5 Å². The van der Waals surface area contributed by atoms with Gasteiger partial charge in [0.15, 0.2) is 0 Å². The summed E-state index contributed by atoms with van der Waals surface area (Å²) in [5, 5.41) is 14.3. The third-order valence-corrected chi connectivity index (χ3v) is 30.3. The first-order valence-electron chi connectivity index (χ1n) is 45.5. The van der Waals surface area contributed by atoms with Crippen molar-refractivity contribution in [2.45, 2.75) is 35.5 Å². The van der Waals surface area contributed by atoms with Crippen molar-refractivity contribution in [3.63, 3.8) is 0 Å². The summed E-state index contributed by atoms with van der Waals surface area (Å²) in [5.74, 6) is 1.86. The van der Waals surface area contributed by atoms with Gasteiger partial charge in [-0.2, -0.15) is 0 Å². The number of ether oxygens (including phenoxy) is 1. The van der Waals surface area contributed by atoms with Gasteiger partial charge in [-0.1, -0.05) is 396 Å². The highest BCUT2D eigenvalue weighted by molar-refractivity contribution is 7.26. The molecule has 0 saturated heterocycles. The Labute approximate surface area is 766 Å². The van der Waals surface area contributed by atoms with Crippen LogP contribution in [-0.4, -0.2) is 0 Å². The number of rotatable bonds is 9. The number of thiophene rings is 1. The van der Waals surface area contributed by atoms with Crippen molar-refractivity contribution >= 4 is 65.6 Å². The van der Waals surface area contributed by atoms with Crippen LogP contribution in [0.25, 0.3) is 120 Å². The molecule has 2 heterocycles. The van der Waals surface area contributed by atoms with Gasteiger partial charge in [-0.15, -0.1) is 11.3 Å². The van der Waals surface area contributed by atoms with Crippen LogP contribution in [0.15, 0.2) is 461 Å². The summed E-state index contributed by atoms with van der Waals surface area (Å²) >= 11 is 1.87. The maximum atomic E-state index is 6.34. The first kappa shape index (κ1) is 76.1. The van der Waals surface area contributed by atoms with Crippen molar-refractivity contribution in [3.8, 4) is 112 Å². The first-order valence-corrected chi connectivity index (χ1v) is 46.3. The molecule has 131 heavy (non-hydrogen) atoms. The van der Waals surface area contributed by atoms with E-state index in [2.05, 4.69) is 485 Å².